The van der Waals surface area contributed by atoms with E-state index >= 15 is 0 Å². The Morgan fingerprint density at radius 3 is 2.26 bits per heavy atom. The van der Waals surface area contributed by atoms with Crippen molar-refractivity contribution in [2.45, 2.75) is 13.1 Å². The van der Waals surface area contributed by atoms with Crippen LogP contribution < -0.4 is 5.32 Å². The zero-order valence-electron chi connectivity index (χ0n) is 9.89. The van der Waals surface area contributed by atoms with E-state index in [0.717, 1.165) is 5.56 Å². The van der Waals surface area contributed by atoms with Crippen LogP contribution in [-0.2, 0) is 13.1 Å². The van der Waals surface area contributed by atoms with Crippen molar-refractivity contribution in [3.05, 3.63) is 69.4 Å². The third kappa shape index (κ3) is 3.58. The van der Waals surface area contributed by atoms with Crippen LogP contribution in [0.2, 0.25) is 0 Å². The number of halogens is 4. The maximum absolute atomic E-state index is 13.7. The van der Waals surface area contributed by atoms with Crippen LogP contribution in [0.15, 0.2) is 40.9 Å². The lowest BCUT2D eigenvalue weighted by molar-refractivity contribution is 0.531. The second-order valence-electron chi connectivity index (χ2n) is 4.05. The third-order valence-electron chi connectivity index (χ3n) is 2.68. The van der Waals surface area contributed by atoms with E-state index in [-0.39, 0.29) is 22.4 Å². The summed E-state index contributed by atoms with van der Waals surface area (Å²) in [5.74, 6) is -1.51. The second kappa shape index (κ2) is 6.21. The van der Waals surface area contributed by atoms with E-state index in [1.807, 2.05) is 0 Å². The molecule has 2 rings (SSSR count). The number of hydrogen-bond acceptors (Lipinski definition) is 1. The smallest absolute Gasteiger partial charge is 0.144 e. The molecule has 0 fully saturated rings. The number of nitrogens with one attached hydrogen (secondary N) is 1. The van der Waals surface area contributed by atoms with Gasteiger partial charge in [-0.3, -0.25) is 0 Å². The molecule has 19 heavy (non-hydrogen) atoms. The first-order chi connectivity index (χ1) is 9.08. The quantitative estimate of drug-likeness (QED) is 0.830. The Kier molecular flexibility index (Phi) is 4.61. The largest absolute Gasteiger partial charge is 0.308 e. The molecule has 0 saturated carbocycles. The Morgan fingerprint density at radius 2 is 1.58 bits per heavy atom. The van der Waals surface area contributed by atoms with Gasteiger partial charge in [-0.05, 0) is 45.8 Å². The Labute approximate surface area is 117 Å². The number of hydrogen-bond donors (Lipinski definition) is 1. The molecule has 0 aliphatic rings. The molecule has 0 amide bonds. The monoisotopic (exact) mass is 329 g/mol. The maximum Gasteiger partial charge on any atom is 0.144 e. The summed E-state index contributed by atoms with van der Waals surface area (Å²) in [6.07, 6.45) is 0. The molecule has 0 saturated heterocycles. The lowest BCUT2D eigenvalue weighted by Crippen LogP contribution is -2.15. The van der Waals surface area contributed by atoms with Gasteiger partial charge in [-0.15, -0.1) is 0 Å². The van der Waals surface area contributed by atoms with Gasteiger partial charge in [0, 0.05) is 18.7 Å². The average Bonchev–Trinajstić information content (AvgIpc) is 2.40. The van der Waals surface area contributed by atoms with Gasteiger partial charge in [0.1, 0.15) is 17.5 Å². The van der Waals surface area contributed by atoms with E-state index in [9.17, 15) is 13.2 Å². The highest BCUT2D eigenvalue weighted by molar-refractivity contribution is 9.10. The summed E-state index contributed by atoms with van der Waals surface area (Å²) >= 11 is 3.01. The predicted molar refractivity (Wildman–Crippen MR) is 71.0 cm³/mol. The molecule has 0 atom stereocenters. The zero-order valence-corrected chi connectivity index (χ0v) is 11.5. The van der Waals surface area contributed by atoms with Crippen LogP contribution in [0.25, 0.3) is 0 Å². The van der Waals surface area contributed by atoms with E-state index < -0.39 is 11.6 Å². The van der Waals surface area contributed by atoms with Crippen LogP contribution in [0.3, 0.4) is 0 Å². The van der Waals surface area contributed by atoms with Crippen molar-refractivity contribution >= 4 is 15.9 Å². The molecule has 0 unspecified atom stereocenters. The molecule has 0 heterocycles. The van der Waals surface area contributed by atoms with Crippen molar-refractivity contribution in [2.24, 2.45) is 0 Å². The molecule has 2 aromatic rings. The Balaban J connectivity index is 2.00. The molecular formula is C14H11BrF3N. The highest BCUT2D eigenvalue weighted by Gasteiger charge is 2.11. The summed E-state index contributed by atoms with van der Waals surface area (Å²) < 4.78 is 40.1. The molecule has 0 radical (unpaired) electrons. The molecule has 5 heteroatoms. The topological polar surface area (TPSA) is 12.0 Å². The van der Waals surface area contributed by atoms with Crippen LogP contribution in [-0.4, -0.2) is 0 Å². The van der Waals surface area contributed by atoms with Crippen molar-refractivity contribution in [3.8, 4) is 0 Å². The van der Waals surface area contributed by atoms with Crippen LogP contribution >= 0.6 is 15.9 Å². The minimum atomic E-state index is -0.605. The minimum absolute atomic E-state index is 0.0171. The average molecular weight is 330 g/mol. The SMILES string of the molecule is Fc1ccc(CNCc2c(F)ccc(Br)c2F)cc1. The van der Waals surface area contributed by atoms with E-state index in [0.29, 0.717) is 6.54 Å². The zero-order chi connectivity index (χ0) is 13.8. The molecule has 100 valence electrons. The molecule has 1 N–H and O–H groups in total. The number of rotatable bonds is 4. The first kappa shape index (κ1) is 14.1. The Bertz CT molecular complexity index is 570. The summed E-state index contributed by atoms with van der Waals surface area (Å²) in [4.78, 5) is 0. The van der Waals surface area contributed by atoms with Gasteiger partial charge in [0.05, 0.1) is 4.47 Å². The van der Waals surface area contributed by atoms with Crippen LogP contribution in [0.1, 0.15) is 11.1 Å². The van der Waals surface area contributed by atoms with E-state index in [1.165, 1.54) is 24.3 Å². The van der Waals surface area contributed by atoms with Gasteiger partial charge in [0.2, 0.25) is 0 Å². The van der Waals surface area contributed by atoms with E-state index in [2.05, 4.69) is 21.2 Å². The van der Waals surface area contributed by atoms with Gasteiger partial charge in [-0.25, -0.2) is 13.2 Å². The molecule has 0 aromatic heterocycles. The minimum Gasteiger partial charge on any atom is -0.308 e. The molecule has 0 bridgehead atoms. The van der Waals surface area contributed by atoms with E-state index in [1.54, 1.807) is 12.1 Å². The highest BCUT2D eigenvalue weighted by Crippen LogP contribution is 2.21. The maximum atomic E-state index is 13.7. The highest BCUT2D eigenvalue weighted by atomic mass is 79.9. The lowest BCUT2D eigenvalue weighted by Gasteiger charge is -2.08. The molecule has 1 nitrogen and oxygen atoms in total. The van der Waals surface area contributed by atoms with Crippen molar-refractivity contribution < 1.29 is 13.2 Å². The molecule has 2 aromatic carbocycles. The van der Waals surface area contributed by atoms with E-state index in [4.69, 9.17) is 0 Å². The summed E-state index contributed by atoms with van der Waals surface area (Å²) in [6.45, 7) is 0.472. The molecule has 0 spiro atoms. The van der Waals surface area contributed by atoms with Crippen molar-refractivity contribution in [1.82, 2.24) is 5.32 Å². The van der Waals surface area contributed by atoms with Crippen molar-refractivity contribution in [3.63, 3.8) is 0 Å². The van der Waals surface area contributed by atoms with Gasteiger partial charge in [-0.1, -0.05) is 12.1 Å². The fourth-order valence-electron chi connectivity index (χ4n) is 1.67. The fraction of sp³-hybridized carbons (Fsp3) is 0.143. The molecule has 0 aliphatic carbocycles. The van der Waals surface area contributed by atoms with Crippen LogP contribution in [0.5, 0.6) is 0 Å². The Hall–Kier alpha value is -1.33. The second-order valence-corrected chi connectivity index (χ2v) is 4.91. The van der Waals surface area contributed by atoms with Crippen molar-refractivity contribution in [1.29, 1.82) is 0 Å². The first-order valence-corrected chi connectivity index (χ1v) is 6.45. The predicted octanol–water partition coefficient (Wildman–Crippen LogP) is 4.16. The lowest BCUT2D eigenvalue weighted by atomic mass is 10.2. The van der Waals surface area contributed by atoms with Gasteiger partial charge in [0.15, 0.2) is 0 Å². The summed E-state index contributed by atoms with van der Waals surface area (Å²) in [7, 11) is 0. The summed E-state index contributed by atoms with van der Waals surface area (Å²) in [5.41, 5.74) is 0.827. The van der Waals surface area contributed by atoms with Gasteiger partial charge < -0.3 is 5.32 Å². The fourth-order valence-corrected chi connectivity index (χ4v) is 2.04. The van der Waals surface area contributed by atoms with Gasteiger partial charge >= 0.3 is 0 Å². The molecule has 0 aliphatic heterocycles. The Morgan fingerprint density at radius 1 is 0.895 bits per heavy atom. The normalized spacial score (nSPS) is 10.7. The standard InChI is InChI=1S/C14H11BrF3N/c15-12-5-6-13(17)11(14(12)18)8-19-7-9-1-3-10(16)4-2-9/h1-6,19H,7-8H2. The molecular weight excluding hydrogens is 319 g/mol. The van der Waals surface area contributed by atoms with Gasteiger partial charge in [0.25, 0.3) is 0 Å². The first-order valence-electron chi connectivity index (χ1n) is 5.65. The summed E-state index contributed by atoms with van der Waals surface area (Å²) in [6, 6.07) is 8.47. The summed E-state index contributed by atoms with van der Waals surface area (Å²) in [5, 5.41) is 2.92. The van der Waals surface area contributed by atoms with Crippen LogP contribution in [0, 0.1) is 17.5 Å². The van der Waals surface area contributed by atoms with Gasteiger partial charge in [-0.2, -0.15) is 0 Å². The van der Waals surface area contributed by atoms with Crippen molar-refractivity contribution in [2.75, 3.05) is 0 Å². The third-order valence-corrected chi connectivity index (χ3v) is 3.30. The number of benzene rings is 2. The van der Waals surface area contributed by atoms with Crippen LogP contribution in [0.4, 0.5) is 13.2 Å².